The molecule has 25 heavy (non-hydrogen) atoms. The number of carbonyl (C=O) groups is 1. The van der Waals surface area contributed by atoms with Crippen molar-refractivity contribution in [3.05, 3.63) is 41.2 Å². The second kappa shape index (κ2) is 8.08. The molecular formula is C15H16N6O2S2. The maximum Gasteiger partial charge on any atom is 0.236 e. The number of ether oxygens (including phenoxy) is 1. The number of anilines is 1. The van der Waals surface area contributed by atoms with Gasteiger partial charge in [-0.05, 0) is 17.7 Å². The summed E-state index contributed by atoms with van der Waals surface area (Å²) in [4.78, 5) is 11.9. The van der Waals surface area contributed by atoms with E-state index in [-0.39, 0.29) is 11.7 Å². The zero-order valence-electron chi connectivity index (χ0n) is 13.7. The predicted molar refractivity (Wildman–Crippen MR) is 96.1 cm³/mol. The third kappa shape index (κ3) is 4.54. The van der Waals surface area contributed by atoms with Crippen LogP contribution in [0, 0.1) is 0 Å². The Hall–Kier alpha value is -2.46. The highest BCUT2D eigenvalue weighted by molar-refractivity contribution is 7.99. The molecule has 0 unspecified atom stereocenters. The second-order valence-electron chi connectivity index (χ2n) is 5.06. The minimum Gasteiger partial charge on any atom is -0.497 e. The van der Waals surface area contributed by atoms with E-state index >= 15 is 0 Å². The number of aromatic nitrogens is 5. The summed E-state index contributed by atoms with van der Waals surface area (Å²) in [5.41, 5.74) is 2.68. The summed E-state index contributed by atoms with van der Waals surface area (Å²) in [7, 11) is 3.53. The van der Waals surface area contributed by atoms with Crippen molar-refractivity contribution in [2.75, 3.05) is 18.2 Å². The standard InChI is InChI=1S/C15H16N6O2S2/c1-21-12(7-10-3-5-11(23-2)6-4-10)18-20-15(21)24-8-13(22)17-14-19-16-9-25-14/h3-6,9H,7-8H2,1-2H3,(H,17,19,22). The highest BCUT2D eigenvalue weighted by atomic mass is 32.2. The third-order valence-electron chi connectivity index (χ3n) is 3.39. The number of rotatable bonds is 7. The maximum atomic E-state index is 11.9. The van der Waals surface area contributed by atoms with Gasteiger partial charge in [-0.3, -0.25) is 10.1 Å². The van der Waals surface area contributed by atoms with Crippen LogP contribution in [0.4, 0.5) is 5.13 Å². The molecule has 0 aliphatic rings. The summed E-state index contributed by atoms with van der Waals surface area (Å²) in [6.45, 7) is 0. The number of hydrogen-bond donors (Lipinski definition) is 1. The average molecular weight is 376 g/mol. The van der Waals surface area contributed by atoms with E-state index in [0.717, 1.165) is 17.1 Å². The molecule has 0 bridgehead atoms. The minimum absolute atomic E-state index is 0.151. The molecule has 1 N–H and O–H groups in total. The number of nitrogens with one attached hydrogen (secondary N) is 1. The van der Waals surface area contributed by atoms with Gasteiger partial charge in [0, 0.05) is 13.5 Å². The molecule has 2 aromatic heterocycles. The van der Waals surface area contributed by atoms with Gasteiger partial charge >= 0.3 is 0 Å². The molecule has 0 atom stereocenters. The van der Waals surface area contributed by atoms with Crippen molar-refractivity contribution in [3.8, 4) is 5.75 Å². The van der Waals surface area contributed by atoms with E-state index in [1.165, 1.54) is 23.1 Å². The smallest absolute Gasteiger partial charge is 0.236 e. The molecule has 3 aromatic rings. The molecule has 0 radical (unpaired) electrons. The molecule has 1 amide bonds. The van der Waals surface area contributed by atoms with Crippen LogP contribution in [0.2, 0.25) is 0 Å². The number of amides is 1. The van der Waals surface area contributed by atoms with Crippen molar-refractivity contribution in [1.82, 2.24) is 25.0 Å². The first-order chi connectivity index (χ1) is 12.2. The SMILES string of the molecule is COc1ccc(Cc2nnc(SCC(=O)Nc3nncs3)n2C)cc1. The van der Waals surface area contributed by atoms with Gasteiger partial charge in [-0.15, -0.1) is 20.4 Å². The van der Waals surface area contributed by atoms with Gasteiger partial charge in [0.25, 0.3) is 0 Å². The average Bonchev–Trinajstić information content (AvgIpc) is 3.25. The van der Waals surface area contributed by atoms with Gasteiger partial charge in [0.1, 0.15) is 17.1 Å². The Labute approximate surface area is 152 Å². The Morgan fingerprint density at radius 1 is 1.28 bits per heavy atom. The second-order valence-corrected chi connectivity index (χ2v) is 6.84. The van der Waals surface area contributed by atoms with Crippen molar-refractivity contribution >= 4 is 34.1 Å². The Morgan fingerprint density at radius 3 is 2.76 bits per heavy atom. The highest BCUT2D eigenvalue weighted by Gasteiger charge is 2.12. The highest BCUT2D eigenvalue weighted by Crippen LogP contribution is 2.19. The van der Waals surface area contributed by atoms with Gasteiger partial charge in [0.2, 0.25) is 11.0 Å². The van der Waals surface area contributed by atoms with Crippen LogP contribution >= 0.6 is 23.1 Å². The fourth-order valence-corrected chi connectivity index (χ4v) is 3.25. The molecule has 1 aromatic carbocycles. The van der Waals surface area contributed by atoms with Crippen molar-refractivity contribution in [2.24, 2.45) is 7.05 Å². The molecule has 0 spiro atoms. The minimum atomic E-state index is -0.151. The quantitative estimate of drug-likeness (QED) is 0.630. The van der Waals surface area contributed by atoms with E-state index in [1.54, 1.807) is 12.6 Å². The number of hydrogen-bond acceptors (Lipinski definition) is 8. The van der Waals surface area contributed by atoms with Crippen LogP contribution in [0.15, 0.2) is 34.9 Å². The van der Waals surface area contributed by atoms with Gasteiger partial charge in [-0.1, -0.05) is 35.2 Å². The number of carbonyl (C=O) groups excluding carboxylic acids is 1. The summed E-state index contributed by atoms with van der Waals surface area (Å²) >= 11 is 2.61. The molecule has 0 saturated heterocycles. The zero-order valence-corrected chi connectivity index (χ0v) is 15.3. The summed E-state index contributed by atoms with van der Waals surface area (Å²) in [5.74, 6) is 1.73. The van der Waals surface area contributed by atoms with Crippen LogP contribution in [-0.4, -0.2) is 43.7 Å². The maximum absolute atomic E-state index is 11.9. The monoisotopic (exact) mass is 376 g/mol. The molecule has 0 aliphatic carbocycles. The van der Waals surface area contributed by atoms with E-state index in [2.05, 4.69) is 25.7 Å². The van der Waals surface area contributed by atoms with E-state index in [4.69, 9.17) is 4.74 Å². The first-order valence-electron chi connectivity index (χ1n) is 7.35. The Kier molecular flexibility index (Phi) is 5.61. The van der Waals surface area contributed by atoms with Crippen molar-refractivity contribution in [1.29, 1.82) is 0 Å². The summed E-state index contributed by atoms with van der Waals surface area (Å²) < 4.78 is 7.05. The zero-order chi connectivity index (χ0) is 17.6. The van der Waals surface area contributed by atoms with Gasteiger partial charge in [-0.25, -0.2) is 0 Å². The van der Waals surface area contributed by atoms with Crippen LogP contribution in [-0.2, 0) is 18.3 Å². The lowest BCUT2D eigenvalue weighted by Crippen LogP contribution is -2.14. The summed E-state index contributed by atoms with van der Waals surface area (Å²) in [6, 6.07) is 7.82. The number of thioether (sulfide) groups is 1. The number of methoxy groups -OCH3 is 1. The first-order valence-corrected chi connectivity index (χ1v) is 9.22. The van der Waals surface area contributed by atoms with Gasteiger partial charge in [0.15, 0.2) is 5.16 Å². The topological polar surface area (TPSA) is 94.8 Å². The summed E-state index contributed by atoms with van der Waals surface area (Å²) in [6.07, 6.45) is 0.658. The molecule has 10 heteroatoms. The summed E-state index contributed by atoms with van der Waals surface area (Å²) in [5, 5.41) is 19.7. The lowest BCUT2D eigenvalue weighted by atomic mass is 10.1. The predicted octanol–water partition coefficient (Wildman–Crippen LogP) is 2.00. The molecular weight excluding hydrogens is 360 g/mol. The Bertz CT molecular complexity index is 832. The third-order valence-corrected chi connectivity index (χ3v) is 5.01. The van der Waals surface area contributed by atoms with Crippen LogP contribution in [0.3, 0.4) is 0 Å². The van der Waals surface area contributed by atoms with Crippen LogP contribution in [0.1, 0.15) is 11.4 Å². The van der Waals surface area contributed by atoms with Crippen molar-refractivity contribution in [3.63, 3.8) is 0 Å². The van der Waals surface area contributed by atoms with Gasteiger partial charge < -0.3 is 9.30 Å². The van der Waals surface area contributed by atoms with E-state index in [0.29, 0.717) is 16.7 Å². The van der Waals surface area contributed by atoms with Crippen LogP contribution < -0.4 is 10.1 Å². The van der Waals surface area contributed by atoms with E-state index in [1.807, 2.05) is 35.9 Å². The first kappa shape index (κ1) is 17.4. The van der Waals surface area contributed by atoms with Gasteiger partial charge in [-0.2, -0.15) is 0 Å². The normalized spacial score (nSPS) is 10.6. The molecule has 0 saturated carbocycles. The van der Waals surface area contributed by atoms with Gasteiger partial charge in [0.05, 0.1) is 12.9 Å². The molecule has 0 aliphatic heterocycles. The molecule has 130 valence electrons. The molecule has 3 rings (SSSR count). The van der Waals surface area contributed by atoms with E-state index < -0.39 is 0 Å². The molecule has 8 nitrogen and oxygen atoms in total. The number of nitrogens with zero attached hydrogens (tertiary/aromatic N) is 5. The largest absolute Gasteiger partial charge is 0.497 e. The fraction of sp³-hybridized carbons (Fsp3) is 0.267. The number of benzene rings is 1. The Morgan fingerprint density at radius 2 is 2.08 bits per heavy atom. The van der Waals surface area contributed by atoms with E-state index in [9.17, 15) is 4.79 Å². The van der Waals surface area contributed by atoms with Crippen molar-refractivity contribution in [2.45, 2.75) is 11.6 Å². The van der Waals surface area contributed by atoms with Crippen LogP contribution in [0.25, 0.3) is 0 Å². The Balaban J connectivity index is 1.57. The molecule has 0 fully saturated rings. The lowest BCUT2D eigenvalue weighted by Gasteiger charge is -2.05. The lowest BCUT2D eigenvalue weighted by molar-refractivity contribution is -0.113. The molecule has 2 heterocycles. The fourth-order valence-electron chi connectivity index (χ4n) is 2.06. The van der Waals surface area contributed by atoms with Crippen molar-refractivity contribution < 1.29 is 9.53 Å². The van der Waals surface area contributed by atoms with Crippen LogP contribution in [0.5, 0.6) is 5.75 Å².